The zero-order chi connectivity index (χ0) is 15.0. The zero-order valence-electron chi connectivity index (χ0n) is 10.8. The average molecular weight is 405 g/mol. The topological polar surface area (TPSA) is 17.8 Å². The molecular weight excluding hydrogens is 394 g/mol. The van der Waals surface area contributed by atoms with Crippen LogP contribution in [-0.2, 0) is 6.42 Å². The number of alkyl halides is 1. The summed E-state index contributed by atoms with van der Waals surface area (Å²) in [5.41, 5.74) is 2.70. The normalized spacial score (nSPS) is 11.2. The summed E-state index contributed by atoms with van der Waals surface area (Å²) in [5, 5.41) is 0.980. The molecule has 0 unspecified atom stereocenters. The van der Waals surface area contributed by atoms with Crippen LogP contribution < -0.4 is 0 Å². The number of nitrogens with zero attached hydrogens (tertiary/aromatic N) is 2. The standard InChI is InChI=1S/C15H10BrCl3N2/c16-9-5-6-12(15(19)14(9)18)21-11-4-2-1-3-10(11)20-13(21)7-8-17/h1-6H,7-8H2. The maximum absolute atomic E-state index is 6.42. The molecule has 0 aliphatic carbocycles. The third-order valence-electron chi connectivity index (χ3n) is 3.20. The van der Waals surface area contributed by atoms with Gasteiger partial charge in [0.25, 0.3) is 0 Å². The minimum atomic E-state index is 0.490. The van der Waals surface area contributed by atoms with Gasteiger partial charge in [-0.25, -0.2) is 4.98 Å². The fraction of sp³-hybridized carbons (Fsp3) is 0.133. The molecule has 2 nitrogen and oxygen atoms in total. The van der Waals surface area contributed by atoms with Gasteiger partial charge in [-0.2, -0.15) is 0 Å². The number of benzene rings is 2. The van der Waals surface area contributed by atoms with E-state index in [1.165, 1.54) is 0 Å². The maximum atomic E-state index is 6.42. The Morgan fingerprint density at radius 1 is 1.05 bits per heavy atom. The van der Waals surface area contributed by atoms with Gasteiger partial charge in [-0.15, -0.1) is 11.6 Å². The lowest BCUT2D eigenvalue weighted by Crippen LogP contribution is -2.03. The molecule has 0 aliphatic heterocycles. The van der Waals surface area contributed by atoms with E-state index in [0.717, 1.165) is 27.0 Å². The van der Waals surface area contributed by atoms with Gasteiger partial charge in [0.05, 0.1) is 26.8 Å². The zero-order valence-corrected chi connectivity index (χ0v) is 14.6. The Morgan fingerprint density at radius 3 is 2.57 bits per heavy atom. The molecule has 1 aromatic heterocycles. The minimum Gasteiger partial charge on any atom is -0.295 e. The summed E-state index contributed by atoms with van der Waals surface area (Å²) in [7, 11) is 0. The smallest absolute Gasteiger partial charge is 0.115 e. The van der Waals surface area contributed by atoms with Crippen molar-refractivity contribution in [2.24, 2.45) is 0 Å². The van der Waals surface area contributed by atoms with Crippen molar-refractivity contribution in [3.63, 3.8) is 0 Å². The highest BCUT2D eigenvalue weighted by Crippen LogP contribution is 2.36. The van der Waals surface area contributed by atoms with Crippen molar-refractivity contribution in [2.45, 2.75) is 6.42 Å². The van der Waals surface area contributed by atoms with Gasteiger partial charge in [-0.1, -0.05) is 35.3 Å². The molecule has 21 heavy (non-hydrogen) atoms. The molecule has 0 amide bonds. The molecule has 0 saturated carbocycles. The summed E-state index contributed by atoms with van der Waals surface area (Å²) in [6.07, 6.45) is 0.653. The van der Waals surface area contributed by atoms with Crippen LogP contribution in [0, 0.1) is 0 Å². The van der Waals surface area contributed by atoms with Gasteiger partial charge in [0.2, 0.25) is 0 Å². The molecule has 0 spiro atoms. The minimum absolute atomic E-state index is 0.490. The monoisotopic (exact) mass is 402 g/mol. The lowest BCUT2D eigenvalue weighted by molar-refractivity contribution is 0.912. The third-order valence-corrected chi connectivity index (χ3v) is 5.15. The second kappa shape index (κ2) is 6.17. The Morgan fingerprint density at radius 2 is 1.81 bits per heavy atom. The van der Waals surface area contributed by atoms with E-state index in [0.29, 0.717) is 22.3 Å². The van der Waals surface area contributed by atoms with E-state index in [1.54, 1.807) is 0 Å². The highest BCUT2D eigenvalue weighted by Gasteiger charge is 2.16. The largest absolute Gasteiger partial charge is 0.295 e. The van der Waals surface area contributed by atoms with E-state index in [1.807, 2.05) is 41.0 Å². The van der Waals surface area contributed by atoms with Gasteiger partial charge in [0, 0.05) is 16.8 Å². The average Bonchev–Trinajstić information content (AvgIpc) is 2.84. The molecule has 6 heteroatoms. The van der Waals surface area contributed by atoms with Crippen molar-refractivity contribution in [2.75, 3.05) is 5.88 Å². The van der Waals surface area contributed by atoms with Crippen molar-refractivity contribution in [3.8, 4) is 5.69 Å². The summed E-state index contributed by atoms with van der Waals surface area (Å²) in [6, 6.07) is 11.7. The number of hydrogen-bond donors (Lipinski definition) is 0. The predicted molar refractivity (Wildman–Crippen MR) is 93.2 cm³/mol. The van der Waals surface area contributed by atoms with Crippen molar-refractivity contribution >= 4 is 61.8 Å². The van der Waals surface area contributed by atoms with Gasteiger partial charge < -0.3 is 0 Å². The molecular formula is C15H10BrCl3N2. The maximum Gasteiger partial charge on any atom is 0.115 e. The van der Waals surface area contributed by atoms with Crippen LogP contribution in [-0.4, -0.2) is 15.4 Å². The number of fused-ring (bicyclic) bond motifs is 1. The molecule has 1 heterocycles. The Hall–Kier alpha value is -0.740. The van der Waals surface area contributed by atoms with Crippen LogP contribution in [0.15, 0.2) is 40.9 Å². The van der Waals surface area contributed by atoms with Gasteiger partial charge in [0.15, 0.2) is 0 Å². The van der Waals surface area contributed by atoms with E-state index >= 15 is 0 Å². The van der Waals surface area contributed by atoms with Gasteiger partial charge in [-0.3, -0.25) is 4.57 Å². The van der Waals surface area contributed by atoms with Crippen LogP contribution in [0.2, 0.25) is 10.0 Å². The van der Waals surface area contributed by atoms with Gasteiger partial charge >= 0.3 is 0 Å². The van der Waals surface area contributed by atoms with Crippen LogP contribution in [0.25, 0.3) is 16.7 Å². The Labute approximate surface area is 145 Å². The molecule has 0 N–H and O–H groups in total. The van der Waals surface area contributed by atoms with E-state index in [-0.39, 0.29) is 0 Å². The fourth-order valence-corrected chi connectivity index (χ4v) is 3.31. The number of rotatable bonds is 3. The molecule has 0 saturated heterocycles. The third kappa shape index (κ3) is 2.68. The fourth-order valence-electron chi connectivity index (χ4n) is 2.29. The Bertz CT molecular complexity index is 814. The van der Waals surface area contributed by atoms with E-state index in [9.17, 15) is 0 Å². The quantitative estimate of drug-likeness (QED) is 0.394. The molecule has 0 radical (unpaired) electrons. The first-order chi connectivity index (χ1) is 10.1. The van der Waals surface area contributed by atoms with Crippen LogP contribution in [0.5, 0.6) is 0 Å². The molecule has 3 aromatic rings. The number of para-hydroxylation sites is 2. The summed E-state index contributed by atoms with van der Waals surface area (Å²) < 4.78 is 2.78. The second-order valence-electron chi connectivity index (χ2n) is 4.49. The van der Waals surface area contributed by atoms with E-state index in [2.05, 4.69) is 20.9 Å². The Kier molecular flexibility index (Phi) is 4.46. The molecule has 0 bridgehead atoms. The first kappa shape index (κ1) is 15.2. The number of aryl methyl sites for hydroxylation is 1. The Balaban J connectivity index is 2.33. The molecule has 0 fully saturated rings. The highest BCUT2D eigenvalue weighted by molar-refractivity contribution is 9.10. The van der Waals surface area contributed by atoms with Crippen molar-refractivity contribution in [3.05, 3.63) is 56.7 Å². The van der Waals surface area contributed by atoms with Crippen LogP contribution in [0.3, 0.4) is 0 Å². The van der Waals surface area contributed by atoms with Gasteiger partial charge in [-0.05, 0) is 40.2 Å². The summed E-state index contributed by atoms with van der Waals surface area (Å²) in [6.45, 7) is 0. The van der Waals surface area contributed by atoms with Crippen LogP contribution in [0.1, 0.15) is 5.82 Å². The summed E-state index contributed by atoms with van der Waals surface area (Å²) >= 11 is 21.9. The van der Waals surface area contributed by atoms with Crippen molar-refractivity contribution < 1.29 is 0 Å². The SMILES string of the molecule is ClCCc1nc2ccccc2n1-c1ccc(Br)c(Cl)c1Cl. The number of halogens is 4. The van der Waals surface area contributed by atoms with Crippen LogP contribution in [0.4, 0.5) is 0 Å². The highest BCUT2D eigenvalue weighted by atomic mass is 79.9. The molecule has 0 aliphatic rings. The number of hydrogen-bond acceptors (Lipinski definition) is 1. The lowest BCUT2D eigenvalue weighted by Gasteiger charge is -2.12. The van der Waals surface area contributed by atoms with E-state index in [4.69, 9.17) is 34.8 Å². The van der Waals surface area contributed by atoms with Crippen molar-refractivity contribution in [1.82, 2.24) is 9.55 Å². The summed E-state index contributed by atoms with van der Waals surface area (Å²) in [5.74, 6) is 1.36. The lowest BCUT2D eigenvalue weighted by atomic mass is 10.2. The van der Waals surface area contributed by atoms with Crippen LogP contribution >= 0.6 is 50.7 Å². The first-order valence-electron chi connectivity index (χ1n) is 6.29. The predicted octanol–water partition coefficient (Wildman–Crippen LogP) is 5.88. The molecule has 2 aromatic carbocycles. The molecule has 108 valence electrons. The first-order valence-corrected chi connectivity index (χ1v) is 8.38. The number of aromatic nitrogens is 2. The molecule has 0 atom stereocenters. The van der Waals surface area contributed by atoms with E-state index < -0.39 is 0 Å². The van der Waals surface area contributed by atoms with Gasteiger partial charge in [0.1, 0.15) is 5.82 Å². The second-order valence-corrected chi connectivity index (χ2v) is 6.47. The number of imidazole rings is 1. The van der Waals surface area contributed by atoms with Crippen molar-refractivity contribution in [1.29, 1.82) is 0 Å². The summed E-state index contributed by atoms with van der Waals surface area (Å²) in [4.78, 5) is 4.64. The molecule has 3 rings (SSSR count).